The largest absolute Gasteiger partial charge is 0.316 e. The number of halogens is 2. The maximum absolute atomic E-state index is 13.2. The molecule has 0 aliphatic heterocycles. The van der Waals surface area contributed by atoms with Crippen molar-refractivity contribution in [1.82, 2.24) is 5.32 Å². The highest BCUT2D eigenvalue weighted by Gasteiger charge is 2.53. The lowest BCUT2D eigenvalue weighted by Crippen LogP contribution is -2.35. The van der Waals surface area contributed by atoms with E-state index in [1.807, 2.05) is 6.07 Å². The van der Waals surface area contributed by atoms with E-state index in [4.69, 9.17) is 0 Å². The molecule has 110 valence electrons. The lowest BCUT2D eigenvalue weighted by atomic mass is 9.77. The molecule has 1 nitrogen and oxygen atoms in total. The molecule has 2 unspecified atom stereocenters. The standard InChI is InChI=1S/C17H23BrFN/c1-2-5-20-11-17(9-13-6-14(13)10-17)8-12-3-4-15(19)7-16(12)18/h3-4,7,13-14,20H,2,5-6,8-11H2,1H3. The van der Waals surface area contributed by atoms with Crippen LogP contribution in [0.2, 0.25) is 0 Å². The Bertz CT molecular complexity index is 478. The van der Waals surface area contributed by atoms with E-state index in [-0.39, 0.29) is 5.82 Å². The van der Waals surface area contributed by atoms with Crippen LogP contribution in [0, 0.1) is 23.1 Å². The molecule has 2 fully saturated rings. The maximum Gasteiger partial charge on any atom is 0.124 e. The minimum absolute atomic E-state index is 0.159. The topological polar surface area (TPSA) is 12.0 Å². The smallest absolute Gasteiger partial charge is 0.124 e. The Morgan fingerprint density at radius 2 is 2.10 bits per heavy atom. The summed E-state index contributed by atoms with van der Waals surface area (Å²) in [6.07, 6.45) is 6.39. The van der Waals surface area contributed by atoms with Gasteiger partial charge in [-0.3, -0.25) is 0 Å². The number of rotatable bonds is 6. The molecule has 1 aromatic rings. The van der Waals surface area contributed by atoms with Gasteiger partial charge in [0.05, 0.1) is 0 Å². The van der Waals surface area contributed by atoms with Gasteiger partial charge in [0.2, 0.25) is 0 Å². The number of hydrogen-bond donors (Lipinski definition) is 1. The molecular weight excluding hydrogens is 317 g/mol. The molecule has 0 spiro atoms. The Kier molecular flexibility index (Phi) is 4.19. The zero-order valence-corrected chi connectivity index (χ0v) is 13.7. The highest BCUT2D eigenvalue weighted by Crippen LogP contribution is 2.60. The first-order chi connectivity index (χ1) is 9.62. The normalized spacial score (nSPS) is 31.4. The third kappa shape index (κ3) is 3.09. The van der Waals surface area contributed by atoms with Crippen LogP contribution in [0.4, 0.5) is 4.39 Å². The first-order valence-corrected chi connectivity index (χ1v) is 8.56. The highest BCUT2D eigenvalue weighted by atomic mass is 79.9. The number of nitrogens with one attached hydrogen (secondary N) is 1. The Morgan fingerprint density at radius 3 is 2.75 bits per heavy atom. The molecule has 0 saturated heterocycles. The first-order valence-electron chi connectivity index (χ1n) is 7.76. The predicted molar refractivity (Wildman–Crippen MR) is 84.2 cm³/mol. The van der Waals surface area contributed by atoms with Crippen molar-refractivity contribution in [3.8, 4) is 0 Å². The summed E-state index contributed by atoms with van der Waals surface area (Å²) >= 11 is 3.53. The zero-order chi connectivity index (χ0) is 14.2. The van der Waals surface area contributed by atoms with E-state index in [1.54, 1.807) is 12.1 Å². The van der Waals surface area contributed by atoms with Crippen molar-refractivity contribution in [1.29, 1.82) is 0 Å². The number of hydrogen-bond acceptors (Lipinski definition) is 1. The lowest BCUT2D eigenvalue weighted by molar-refractivity contribution is 0.248. The summed E-state index contributed by atoms with van der Waals surface area (Å²) in [5.74, 6) is 1.78. The van der Waals surface area contributed by atoms with Crippen molar-refractivity contribution < 1.29 is 4.39 Å². The van der Waals surface area contributed by atoms with Crippen molar-refractivity contribution in [3.05, 3.63) is 34.1 Å². The Hall–Kier alpha value is -0.410. The van der Waals surface area contributed by atoms with Crippen molar-refractivity contribution >= 4 is 15.9 Å². The fraction of sp³-hybridized carbons (Fsp3) is 0.647. The summed E-state index contributed by atoms with van der Waals surface area (Å²) in [5, 5.41) is 3.62. The first kappa shape index (κ1) is 14.5. The SMILES string of the molecule is CCCNCC1(Cc2ccc(F)cc2Br)CC2CC2C1. The summed E-state index contributed by atoms with van der Waals surface area (Å²) in [6, 6.07) is 5.13. The van der Waals surface area contributed by atoms with E-state index in [0.29, 0.717) is 5.41 Å². The van der Waals surface area contributed by atoms with Gasteiger partial charge in [-0.1, -0.05) is 28.9 Å². The fourth-order valence-corrected chi connectivity index (χ4v) is 4.45. The van der Waals surface area contributed by atoms with Gasteiger partial charge in [0.1, 0.15) is 5.82 Å². The maximum atomic E-state index is 13.2. The summed E-state index contributed by atoms with van der Waals surface area (Å²) < 4.78 is 14.2. The van der Waals surface area contributed by atoms with Gasteiger partial charge in [-0.2, -0.15) is 0 Å². The van der Waals surface area contributed by atoms with Gasteiger partial charge in [-0.25, -0.2) is 4.39 Å². The monoisotopic (exact) mass is 339 g/mol. The van der Waals surface area contributed by atoms with E-state index < -0.39 is 0 Å². The third-order valence-corrected chi connectivity index (χ3v) is 5.70. The van der Waals surface area contributed by atoms with Crippen LogP contribution < -0.4 is 5.32 Å². The highest BCUT2D eigenvalue weighted by molar-refractivity contribution is 9.10. The average Bonchev–Trinajstić information content (AvgIpc) is 3.02. The molecule has 2 aliphatic rings. The Labute approximate surface area is 129 Å². The molecule has 1 N–H and O–H groups in total. The van der Waals surface area contributed by atoms with Gasteiger partial charge in [-0.05, 0) is 73.6 Å². The van der Waals surface area contributed by atoms with Gasteiger partial charge in [0.25, 0.3) is 0 Å². The Balaban J connectivity index is 1.72. The molecule has 2 saturated carbocycles. The van der Waals surface area contributed by atoms with Crippen LogP contribution in [0.1, 0.15) is 38.2 Å². The van der Waals surface area contributed by atoms with Gasteiger partial charge in [0.15, 0.2) is 0 Å². The second kappa shape index (κ2) is 5.76. The van der Waals surface area contributed by atoms with E-state index >= 15 is 0 Å². The summed E-state index contributed by atoms with van der Waals surface area (Å²) in [4.78, 5) is 0. The molecule has 0 bridgehead atoms. The Morgan fingerprint density at radius 1 is 1.35 bits per heavy atom. The summed E-state index contributed by atoms with van der Waals surface area (Å²) in [6.45, 7) is 4.42. The van der Waals surface area contributed by atoms with Gasteiger partial charge in [0, 0.05) is 11.0 Å². The average molecular weight is 340 g/mol. The molecule has 0 amide bonds. The minimum Gasteiger partial charge on any atom is -0.316 e. The molecule has 3 heteroatoms. The lowest BCUT2D eigenvalue weighted by Gasteiger charge is -2.32. The number of fused-ring (bicyclic) bond motifs is 1. The molecule has 0 heterocycles. The summed E-state index contributed by atoms with van der Waals surface area (Å²) in [5.41, 5.74) is 1.65. The van der Waals surface area contributed by atoms with Crippen LogP contribution in [0.3, 0.4) is 0 Å². The molecule has 2 atom stereocenters. The predicted octanol–water partition coefficient (Wildman–Crippen LogP) is 4.55. The zero-order valence-electron chi connectivity index (χ0n) is 12.1. The van der Waals surface area contributed by atoms with Gasteiger partial charge in [-0.15, -0.1) is 0 Å². The van der Waals surface area contributed by atoms with Crippen molar-refractivity contribution in [2.45, 2.75) is 39.0 Å². The third-order valence-electron chi connectivity index (χ3n) is 4.97. The molecule has 2 aliphatic carbocycles. The van der Waals surface area contributed by atoms with E-state index in [2.05, 4.69) is 28.2 Å². The van der Waals surface area contributed by atoms with Crippen LogP contribution in [0.5, 0.6) is 0 Å². The molecule has 0 radical (unpaired) electrons. The minimum atomic E-state index is -0.159. The van der Waals surface area contributed by atoms with Gasteiger partial charge < -0.3 is 5.32 Å². The second-order valence-corrected chi connectivity index (χ2v) is 7.61. The van der Waals surface area contributed by atoms with Crippen molar-refractivity contribution in [2.24, 2.45) is 17.3 Å². The van der Waals surface area contributed by atoms with E-state index in [1.165, 1.54) is 31.2 Å². The molecular formula is C17H23BrFN. The van der Waals surface area contributed by atoms with Crippen molar-refractivity contribution in [3.63, 3.8) is 0 Å². The van der Waals surface area contributed by atoms with Crippen LogP contribution in [0.15, 0.2) is 22.7 Å². The number of benzene rings is 1. The summed E-state index contributed by atoms with van der Waals surface area (Å²) in [7, 11) is 0. The molecule has 0 aromatic heterocycles. The van der Waals surface area contributed by atoms with E-state index in [0.717, 1.165) is 35.8 Å². The molecule has 20 heavy (non-hydrogen) atoms. The fourth-order valence-electron chi connectivity index (χ4n) is 3.96. The van der Waals surface area contributed by atoms with Crippen LogP contribution in [-0.4, -0.2) is 13.1 Å². The van der Waals surface area contributed by atoms with Crippen LogP contribution in [0.25, 0.3) is 0 Å². The quantitative estimate of drug-likeness (QED) is 0.750. The van der Waals surface area contributed by atoms with Crippen LogP contribution in [-0.2, 0) is 6.42 Å². The van der Waals surface area contributed by atoms with Crippen LogP contribution >= 0.6 is 15.9 Å². The second-order valence-electron chi connectivity index (χ2n) is 6.75. The van der Waals surface area contributed by atoms with E-state index in [9.17, 15) is 4.39 Å². The van der Waals surface area contributed by atoms with Gasteiger partial charge >= 0.3 is 0 Å². The van der Waals surface area contributed by atoms with Crippen molar-refractivity contribution in [2.75, 3.05) is 13.1 Å². The molecule has 3 rings (SSSR count). The molecule has 1 aromatic carbocycles.